The van der Waals surface area contributed by atoms with Gasteiger partial charge >= 0.3 is 11.7 Å². The predicted octanol–water partition coefficient (Wildman–Crippen LogP) is 1.90. The molecule has 1 aromatic heterocycles. The first-order valence-electron chi connectivity index (χ1n) is 10.1. The number of fused-ring (bicyclic) bond motifs is 2. The molecular formula is C21H23N4O3S+. The zero-order chi connectivity index (χ0) is 20.0. The maximum atomic E-state index is 13.0. The summed E-state index contributed by atoms with van der Waals surface area (Å²) in [5, 5.41) is 0.218. The van der Waals surface area contributed by atoms with Crippen LogP contribution in [0.5, 0.6) is 5.75 Å². The van der Waals surface area contributed by atoms with E-state index in [4.69, 9.17) is 4.74 Å². The van der Waals surface area contributed by atoms with E-state index in [0.717, 1.165) is 36.3 Å². The van der Waals surface area contributed by atoms with Gasteiger partial charge in [-0.25, -0.2) is 9.78 Å². The lowest BCUT2D eigenvalue weighted by Gasteiger charge is -2.31. The van der Waals surface area contributed by atoms with E-state index in [-0.39, 0.29) is 11.2 Å². The number of anilines is 1. The Bertz CT molecular complexity index is 1030. The van der Waals surface area contributed by atoms with Crippen molar-refractivity contribution in [2.45, 2.75) is 49.2 Å². The first kappa shape index (κ1) is 18.3. The summed E-state index contributed by atoms with van der Waals surface area (Å²) < 4.78 is 23.2. The standard InChI is InChI=1S/C21H23N4O3S/c1-14-21(26)25-8-7-15(11-19(25)23-14)24-9-10-28-18-12-17(13-22-20(18)24)29(27)16-5-3-2-4-6-16/h7-8,11-13,16H,2-6,9-10H2,1H3/q+1. The molecule has 7 nitrogen and oxygen atoms in total. The van der Waals surface area contributed by atoms with Crippen molar-refractivity contribution in [3.63, 3.8) is 0 Å². The fourth-order valence-corrected chi connectivity index (χ4v) is 5.74. The highest BCUT2D eigenvalue weighted by atomic mass is 32.2. The van der Waals surface area contributed by atoms with E-state index in [9.17, 15) is 9.00 Å². The number of pyridine rings is 1. The van der Waals surface area contributed by atoms with Crippen LogP contribution in [0.25, 0.3) is 0 Å². The average Bonchev–Trinajstić information content (AvgIpc) is 3.06. The molecule has 29 heavy (non-hydrogen) atoms. The molecule has 1 amide bonds. The fraction of sp³-hybridized carbons (Fsp3) is 0.429. The van der Waals surface area contributed by atoms with E-state index in [1.165, 1.54) is 6.42 Å². The molecule has 0 aromatic carbocycles. The SMILES string of the molecule is CC1=[N+]=C2C=C(N3CCOc4cc(S(=O)C5CCCCC5)cnc43)C=CN2C1=O. The molecule has 0 bridgehead atoms. The van der Waals surface area contributed by atoms with Gasteiger partial charge in [-0.3, -0.25) is 4.21 Å². The van der Waals surface area contributed by atoms with Gasteiger partial charge in [0.1, 0.15) is 12.8 Å². The summed E-state index contributed by atoms with van der Waals surface area (Å²) in [6.45, 7) is 2.87. The van der Waals surface area contributed by atoms with E-state index in [1.54, 1.807) is 24.2 Å². The van der Waals surface area contributed by atoms with E-state index in [1.807, 2.05) is 18.2 Å². The molecule has 0 N–H and O–H groups in total. The highest BCUT2D eigenvalue weighted by molar-refractivity contribution is 7.85. The third-order valence-electron chi connectivity index (χ3n) is 5.76. The largest absolute Gasteiger partial charge is 0.488 e. The number of rotatable bonds is 3. The zero-order valence-electron chi connectivity index (χ0n) is 16.3. The number of hydrogen-bond donors (Lipinski definition) is 0. The van der Waals surface area contributed by atoms with Crippen LogP contribution in [0.4, 0.5) is 5.82 Å². The molecular weight excluding hydrogens is 388 g/mol. The van der Waals surface area contributed by atoms with Crippen molar-refractivity contribution in [3.8, 4) is 5.75 Å². The molecule has 8 heteroatoms. The van der Waals surface area contributed by atoms with Crippen LogP contribution < -0.4 is 14.3 Å². The molecule has 1 unspecified atom stereocenters. The maximum Gasteiger partial charge on any atom is 0.398 e. The quantitative estimate of drug-likeness (QED) is 0.710. The van der Waals surface area contributed by atoms with Crippen LogP contribution in [0.2, 0.25) is 0 Å². The Hall–Kier alpha value is -2.70. The Balaban J connectivity index is 1.43. The predicted molar refractivity (Wildman–Crippen MR) is 112 cm³/mol. The van der Waals surface area contributed by atoms with Gasteiger partial charge in [-0.05, 0) is 12.8 Å². The Labute approximate surface area is 171 Å². The summed E-state index contributed by atoms with van der Waals surface area (Å²) in [6.07, 6.45) is 12.8. The van der Waals surface area contributed by atoms with Gasteiger partial charge in [0, 0.05) is 30.5 Å². The van der Waals surface area contributed by atoms with Crippen LogP contribution in [0.3, 0.4) is 0 Å². The van der Waals surface area contributed by atoms with Crippen LogP contribution in [0, 0.1) is 0 Å². The van der Waals surface area contributed by atoms with Crippen molar-refractivity contribution in [2.24, 2.45) is 0 Å². The molecule has 4 aliphatic rings. The minimum atomic E-state index is -1.05. The van der Waals surface area contributed by atoms with Crippen molar-refractivity contribution in [2.75, 3.05) is 18.1 Å². The van der Waals surface area contributed by atoms with Gasteiger partial charge in [0.2, 0.25) is 0 Å². The number of amides is 1. The van der Waals surface area contributed by atoms with Gasteiger partial charge in [-0.15, -0.1) is 4.90 Å². The number of hydrogen-bond acceptors (Lipinski definition) is 5. The topological polar surface area (TPSA) is 76.8 Å². The molecule has 150 valence electrons. The van der Waals surface area contributed by atoms with Crippen molar-refractivity contribution >= 4 is 34.1 Å². The molecule has 1 saturated carbocycles. The van der Waals surface area contributed by atoms with Gasteiger partial charge < -0.3 is 9.64 Å². The first-order chi connectivity index (χ1) is 14.1. The van der Waals surface area contributed by atoms with Crippen molar-refractivity contribution < 1.29 is 13.7 Å². The van der Waals surface area contributed by atoms with Gasteiger partial charge in [0.15, 0.2) is 11.6 Å². The minimum absolute atomic E-state index is 0.0955. The van der Waals surface area contributed by atoms with E-state index < -0.39 is 10.8 Å². The van der Waals surface area contributed by atoms with Crippen LogP contribution in [-0.4, -0.2) is 49.9 Å². The molecule has 1 aromatic rings. The second-order valence-corrected chi connectivity index (χ2v) is 9.40. The number of aromatic nitrogens is 1. The highest BCUT2D eigenvalue weighted by Crippen LogP contribution is 2.35. The van der Waals surface area contributed by atoms with Crippen LogP contribution >= 0.6 is 0 Å². The van der Waals surface area contributed by atoms with Crippen LogP contribution in [0.15, 0.2) is 41.2 Å². The fourth-order valence-electron chi connectivity index (χ4n) is 4.21. The first-order valence-corrected chi connectivity index (χ1v) is 11.3. The van der Waals surface area contributed by atoms with Crippen LogP contribution in [0.1, 0.15) is 39.0 Å². The summed E-state index contributed by atoms with van der Waals surface area (Å²) in [5.74, 6) is 1.88. The number of ether oxygens (including phenoxy) is 1. The molecule has 4 heterocycles. The van der Waals surface area contributed by atoms with E-state index >= 15 is 0 Å². The third-order valence-corrected chi connectivity index (χ3v) is 7.53. The van der Waals surface area contributed by atoms with Gasteiger partial charge in [-0.1, -0.05) is 19.3 Å². The smallest absolute Gasteiger partial charge is 0.398 e. The van der Waals surface area contributed by atoms with Gasteiger partial charge in [0.05, 0.1) is 34.0 Å². The van der Waals surface area contributed by atoms with Crippen molar-refractivity contribution in [1.29, 1.82) is 0 Å². The molecule has 3 aliphatic heterocycles. The summed E-state index contributed by atoms with van der Waals surface area (Å²) in [7, 11) is -1.05. The second-order valence-electron chi connectivity index (χ2n) is 7.67. The van der Waals surface area contributed by atoms with Crippen molar-refractivity contribution in [3.05, 3.63) is 36.3 Å². The molecule has 1 atom stereocenters. The average molecular weight is 412 g/mol. The van der Waals surface area contributed by atoms with Crippen molar-refractivity contribution in [1.82, 2.24) is 14.6 Å². The molecule has 5 rings (SSSR count). The third kappa shape index (κ3) is 3.22. The summed E-state index contributed by atoms with van der Waals surface area (Å²) in [5.41, 5.74) is 1.39. The monoisotopic (exact) mass is 411 g/mol. The number of carbonyl (C=O) groups is 1. The highest BCUT2D eigenvalue weighted by Gasteiger charge is 2.39. The van der Waals surface area contributed by atoms with E-state index in [2.05, 4.69) is 14.6 Å². The molecule has 0 spiro atoms. The summed E-state index contributed by atoms with van der Waals surface area (Å²) in [4.78, 5) is 21.0. The Morgan fingerprint density at radius 3 is 2.93 bits per heavy atom. The number of allylic oxidation sites excluding steroid dienone is 1. The number of nitrogens with zero attached hydrogens (tertiary/aromatic N) is 4. The Morgan fingerprint density at radius 1 is 1.28 bits per heavy atom. The lowest BCUT2D eigenvalue weighted by Crippen LogP contribution is -2.37. The van der Waals surface area contributed by atoms with E-state index in [0.29, 0.717) is 36.3 Å². The Morgan fingerprint density at radius 2 is 2.10 bits per heavy atom. The second kappa shape index (κ2) is 7.28. The zero-order valence-corrected chi connectivity index (χ0v) is 17.2. The lowest BCUT2D eigenvalue weighted by molar-refractivity contribution is -0.118. The van der Waals surface area contributed by atoms with Crippen LogP contribution in [-0.2, 0) is 15.6 Å². The number of amidine groups is 1. The maximum absolute atomic E-state index is 13.0. The summed E-state index contributed by atoms with van der Waals surface area (Å²) >= 11 is 0. The lowest BCUT2D eigenvalue weighted by atomic mass is 10.0. The Kier molecular flexibility index (Phi) is 4.60. The summed E-state index contributed by atoms with van der Waals surface area (Å²) in [6, 6.07) is 1.88. The van der Waals surface area contributed by atoms with Gasteiger partial charge in [0.25, 0.3) is 5.71 Å². The minimum Gasteiger partial charge on any atom is -0.488 e. The molecule has 1 aliphatic carbocycles. The molecule has 1 fully saturated rings. The number of carbonyl (C=O) groups excluding carboxylic acids is 1. The van der Waals surface area contributed by atoms with Gasteiger partial charge in [-0.2, -0.15) is 4.67 Å². The molecule has 0 radical (unpaired) electrons. The normalized spacial score (nSPS) is 22.4. The molecule has 0 saturated heterocycles.